The molecule has 1 aliphatic carbocycles. The van der Waals surface area contributed by atoms with E-state index in [0.717, 1.165) is 28.6 Å². The van der Waals surface area contributed by atoms with E-state index in [-0.39, 0.29) is 11.2 Å². The van der Waals surface area contributed by atoms with Gasteiger partial charge in [-0.15, -0.1) is 0 Å². The Bertz CT molecular complexity index is 408. The summed E-state index contributed by atoms with van der Waals surface area (Å²) in [6.07, 6.45) is 1.88. The summed E-state index contributed by atoms with van der Waals surface area (Å²) in [4.78, 5) is 11.6. The predicted octanol–water partition coefficient (Wildman–Crippen LogP) is 3.08. The second kappa shape index (κ2) is 3.63. The second-order valence-corrected chi connectivity index (χ2v) is 4.81. The Kier molecular flexibility index (Phi) is 2.59. The van der Waals surface area contributed by atoms with Gasteiger partial charge < -0.3 is 4.74 Å². The summed E-state index contributed by atoms with van der Waals surface area (Å²) >= 11 is 3.44. The zero-order chi connectivity index (χ0) is 11.1. The van der Waals surface area contributed by atoms with Crippen molar-refractivity contribution in [2.75, 3.05) is 7.11 Å². The molecular weight excluding hydrogens is 256 g/mol. The third kappa shape index (κ3) is 1.59. The summed E-state index contributed by atoms with van der Waals surface area (Å²) in [6, 6.07) is 5.86. The fourth-order valence-corrected chi connectivity index (χ4v) is 2.56. The third-order valence-electron chi connectivity index (χ3n) is 3.11. The maximum absolute atomic E-state index is 11.6. The number of ether oxygens (including phenoxy) is 1. The fourth-order valence-electron chi connectivity index (χ4n) is 2.03. The molecule has 0 N–H and O–H groups in total. The van der Waals surface area contributed by atoms with E-state index >= 15 is 0 Å². The molecule has 0 atom stereocenters. The molecule has 1 saturated carbocycles. The highest BCUT2D eigenvalue weighted by atomic mass is 79.9. The number of Topliss-reactive ketones (excluding diaryl/α,β-unsaturated/α-hetero) is 1. The number of carbonyl (C=O) groups excluding carboxylic acids is 1. The molecule has 0 amide bonds. The number of methoxy groups -OCH3 is 1. The van der Waals surface area contributed by atoms with Gasteiger partial charge in [0.1, 0.15) is 11.5 Å². The highest BCUT2D eigenvalue weighted by molar-refractivity contribution is 9.10. The van der Waals surface area contributed by atoms with Gasteiger partial charge in [-0.1, -0.05) is 12.1 Å². The molecule has 0 unspecified atom stereocenters. The first kappa shape index (κ1) is 10.7. The number of hydrogen-bond donors (Lipinski definition) is 0. The first-order valence-corrected chi connectivity index (χ1v) is 5.75. The van der Waals surface area contributed by atoms with E-state index in [1.165, 1.54) is 0 Å². The lowest BCUT2D eigenvalue weighted by atomic mass is 9.91. The van der Waals surface area contributed by atoms with Crippen molar-refractivity contribution in [3.05, 3.63) is 28.2 Å². The van der Waals surface area contributed by atoms with Gasteiger partial charge in [0.25, 0.3) is 0 Å². The van der Waals surface area contributed by atoms with Crippen LogP contribution in [-0.2, 0) is 10.2 Å². The number of rotatable bonds is 3. The molecule has 15 heavy (non-hydrogen) atoms. The average Bonchev–Trinajstić information content (AvgIpc) is 2.98. The van der Waals surface area contributed by atoms with Crippen LogP contribution in [0.5, 0.6) is 5.75 Å². The standard InChI is InChI=1S/C12H13BrO2/c1-8(14)12(6-7-12)9-4-3-5-10(13)11(9)15-2/h3-5H,6-7H2,1-2H3. The van der Waals surface area contributed by atoms with Crippen LogP contribution in [0.25, 0.3) is 0 Å². The lowest BCUT2D eigenvalue weighted by Crippen LogP contribution is -2.18. The molecule has 80 valence electrons. The molecular formula is C12H13BrO2. The Morgan fingerprint density at radius 2 is 2.13 bits per heavy atom. The Hall–Kier alpha value is -0.830. The molecule has 0 saturated heterocycles. The molecule has 1 fully saturated rings. The minimum atomic E-state index is -0.269. The van der Waals surface area contributed by atoms with Gasteiger partial charge in [0.15, 0.2) is 0 Å². The SMILES string of the molecule is COc1c(Br)cccc1C1(C(C)=O)CC1. The van der Waals surface area contributed by atoms with Gasteiger partial charge >= 0.3 is 0 Å². The van der Waals surface area contributed by atoms with E-state index in [1.54, 1.807) is 14.0 Å². The second-order valence-electron chi connectivity index (χ2n) is 3.96. The van der Waals surface area contributed by atoms with Crippen molar-refractivity contribution in [1.29, 1.82) is 0 Å². The maximum Gasteiger partial charge on any atom is 0.140 e. The first-order valence-electron chi connectivity index (χ1n) is 4.96. The Morgan fingerprint density at radius 3 is 2.60 bits per heavy atom. The van der Waals surface area contributed by atoms with Crippen LogP contribution in [0.3, 0.4) is 0 Å². The largest absolute Gasteiger partial charge is 0.495 e. The van der Waals surface area contributed by atoms with Crippen molar-refractivity contribution < 1.29 is 9.53 Å². The van der Waals surface area contributed by atoms with E-state index in [2.05, 4.69) is 15.9 Å². The smallest absolute Gasteiger partial charge is 0.140 e. The van der Waals surface area contributed by atoms with Crippen molar-refractivity contribution >= 4 is 21.7 Å². The van der Waals surface area contributed by atoms with Crippen LogP contribution in [0.2, 0.25) is 0 Å². The summed E-state index contributed by atoms with van der Waals surface area (Å²) in [5.74, 6) is 1.03. The molecule has 0 bridgehead atoms. The summed E-state index contributed by atoms with van der Waals surface area (Å²) in [6.45, 7) is 1.66. The van der Waals surface area contributed by atoms with E-state index in [1.807, 2.05) is 18.2 Å². The van der Waals surface area contributed by atoms with Crippen LogP contribution in [-0.4, -0.2) is 12.9 Å². The summed E-state index contributed by atoms with van der Waals surface area (Å²) in [5.41, 5.74) is 0.752. The Morgan fingerprint density at radius 1 is 1.47 bits per heavy atom. The number of halogens is 1. The molecule has 1 aromatic carbocycles. The van der Waals surface area contributed by atoms with Gasteiger partial charge in [-0.05, 0) is 41.8 Å². The molecule has 0 aromatic heterocycles. The lowest BCUT2D eigenvalue weighted by molar-refractivity contribution is -0.119. The monoisotopic (exact) mass is 268 g/mol. The Labute approximate surface area is 97.8 Å². The lowest BCUT2D eigenvalue weighted by Gasteiger charge is -2.16. The van der Waals surface area contributed by atoms with Crippen LogP contribution in [0.1, 0.15) is 25.3 Å². The molecule has 1 aromatic rings. The maximum atomic E-state index is 11.6. The van der Waals surface area contributed by atoms with Crippen molar-refractivity contribution in [3.8, 4) is 5.75 Å². The van der Waals surface area contributed by atoms with Crippen LogP contribution in [0.4, 0.5) is 0 Å². The molecule has 0 aliphatic heterocycles. The van der Waals surface area contributed by atoms with Crippen LogP contribution >= 0.6 is 15.9 Å². The summed E-state index contributed by atoms with van der Waals surface area (Å²) in [7, 11) is 1.64. The van der Waals surface area contributed by atoms with Gasteiger partial charge in [0.05, 0.1) is 17.0 Å². The molecule has 2 nitrogen and oxygen atoms in total. The minimum Gasteiger partial charge on any atom is -0.495 e. The van der Waals surface area contributed by atoms with Crippen molar-refractivity contribution in [3.63, 3.8) is 0 Å². The first-order chi connectivity index (χ1) is 7.12. The van der Waals surface area contributed by atoms with Gasteiger partial charge in [-0.25, -0.2) is 0 Å². The number of benzene rings is 1. The Balaban J connectivity index is 2.53. The van der Waals surface area contributed by atoms with Crippen LogP contribution in [0.15, 0.2) is 22.7 Å². The quantitative estimate of drug-likeness (QED) is 0.842. The zero-order valence-corrected chi connectivity index (χ0v) is 10.4. The van der Waals surface area contributed by atoms with Gasteiger partial charge in [-0.2, -0.15) is 0 Å². The van der Waals surface area contributed by atoms with E-state index in [0.29, 0.717) is 0 Å². The molecule has 2 rings (SSSR count). The molecule has 0 radical (unpaired) electrons. The molecule has 0 spiro atoms. The van der Waals surface area contributed by atoms with Gasteiger partial charge in [-0.3, -0.25) is 4.79 Å². The molecule has 0 heterocycles. The molecule has 3 heteroatoms. The fraction of sp³-hybridized carbons (Fsp3) is 0.417. The molecule has 1 aliphatic rings. The predicted molar refractivity (Wildman–Crippen MR) is 62.3 cm³/mol. The van der Waals surface area contributed by atoms with Crippen molar-refractivity contribution in [1.82, 2.24) is 0 Å². The normalized spacial score (nSPS) is 17.3. The van der Waals surface area contributed by atoms with Crippen LogP contribution in [0, 0.1) is 0 Å². The van der Waals surface area contributed by atoms with E-state index < -0.39 is 0 Å². The third-order valence-corrected chi connectivity index (χ3v) is 3.74. The van der Waals surface area contributed by atoms with Crippen LogP contribution < -0.4 is 4.74 Å². The van der Waals surface area contributed by atoms with Crippen molar-refractivity contribution in [2.24, 2.45) is 0 Å². The highest BCUT2D eigenvalue weighted by Crippen LogP contribution is 2.53. The highest BCUT2D eigenvalue weighted by Gasteiger charge is 2.50. The summed E-state index contributed by atoms with van der Waals surface area (Å²) < 4.78 is 6.27. The number of ketones is 1. The van der Waals surface area contributed by atoms with Gasteiger partial charge in [0, 0.05) is 5.56 Å². The van der Waals surface area contributed by atoms with Crippen molar-refractivity contribution in [2.45, 2.75) is 25.2 Å². The zero-order valence-electron chi connectivity index (χ0n) is 8.84. The minimum absolute atomic E-state index is 0.235. The average molecular weight is 269 g/mol. The topological polar surface area (TPSA) is 26.3 Å². The summed E-state index contributed by atoms with van der Waals surface area (Å²) in [5, 5.41) is 0. The number of carbonyl (C=O) groups is 1. The van der Waals surface area contributed by atoms with Gasteiger partial charge in [0.2, 0.25) is 0 Å². The number of para-hydroxylation sites is 1. The van der Waals surface area contributed by atoms with E-state index in [4.69, 9.17) is 4.74 Å². The number of hydrogen-bond acceptors (Lipinski definition) is 2. The van der Waals surface area contributed by atoms with E-state index in [9.17, 15) is 4.79 Å².